The Kier molecular flexibility index (Phi) is 3.46. The summed E-state index contributed by atoms with van der Waals surface area (Å²) in [4.78, 5) is 0. The fourth-order valence-electron chi connectivity index (χ4n) is 1.47. The molecule has 5 nitrogen and oxygen atoms in total. The minimum Gasteiger partial charge on any atom is -0.398 e. The number of anilines is 2. The van der Waals surface area contributed by atoms with Crippen molar-refractivity contribution in [2.24, 2.45) is 0 Å². The van der Waals surface area contributed by atoms with E-state index in [0.29, 0.717) is 16.9 Å². The second-order valence-electron chi connectivity index (χ2n) is 3.95. The topological polar surface area (TPSA) is 96.0 Å². The minimum atomic E-state index is -3.66. The number of benzene rings is 1. The van der Waals surface area contributed by atoms with Gasteiger partial charge in [-0.2, -0.15) is 5.26 Å². The fraction of sp³-hybridized carbons (Fsp3) is 0.0833. The van der Waals surface area contributed by atoms with E-state index in [-0.39, 0.29) is 4.21 Å². The standard InChI is InChI=1S/C12H11N3O2S2/c1-8-2-3-9(6-13)4-11(8)15-19(16,17)12-5-10(14)7-18-12/h2-5,7,15H,14H2,1H3. The summed E-state index contributed by atoms with van der Waals surface area (Å²) in [6, 6.07) is 8.20. The summed E-state index contributed by atoms with van der Waals surface area (Å²) in [7, 11) is -3.66. The van der Waals surface area contributed by atoms with Crippen LogP contribution in [0.4, 0.5) is 11.4 Å². The van der Waals surface area contributed by atoms with Gasteiger partial charge in [0, 0.05) is 11.1 Å². The molecule has 0 aliphatic rings. The molecular weight excluding hydrogens is 282 g/mol. The monoisotopic (exact) mass is 293 g/mol. The smallest absolute Gasteiger partial charge is 0.271 e. The van der Waals surface area contributed by atoms with Gasteiger partial charge in [0.05, 0.1) is 17.3 Å². The highest BCUT2D eigenvalue weighted by Crippen LogP contribution is 2.25. The molecule has 7 heteroatoms. The number of rotatable bonds is 3. The number of nitrogens with two attached hydrogens (primary N) is 1. The van der Waals surface area contributed by atoms with Crippen LogP contribution in [-0.4, -0.2) is 8.42 Å². The molecule has 1 aromatic heterocycles. The van der Waals surface area contributed by atoms with E-state index in [1.807, 2.05) is 6.07 Å². The second-order valence-corrected chi connectivity index (χ2v) is 6.77. The zero-order valence-electron chi connectivity index (χ0n) is 10.0. The van der Waals surface area contributed by atoms with Crippen LogP contribution in [0.2, 0.25) is 0 Å². The Balaban J connectivity index is 2.38. The van der Waals surface area contributed by atoms with Crippen molar-refractivity contribution in [3.63, 3.8) is 0 Å². The van der Waals surface area contributed by atoms with Crippen molar-refractivity contribution in [1.82, 2.24) is 0 Å². The van der Waals surface area contributed by atoms with Crippen LogP contribution in [0.3, 0.4) is 0 Å². The lowest BCUT2D eigenvalue weighted by Gasteiger charge is -2.09. The van der Waals surface area contributed by atoms with E-state index < -0.39 is 10.0 Å². The van der Waals surface area contributed by atoms with E-state index in [4.69, 9.17) is 11.0 Å². The van der Waals surface area contributed by atoms with Gasteiger partial charge in [-0.1, -0.05) is 6.07 Å². The first-order valence-electron chi connectivity index (χ1n) is 5.30. The van der Waals surface area contributed by atoms with Gasteiger partial charge < -0.3 is 5.73 Å². The molecule has 1 heterocycles. The Morgan fingerprint density at radius 3 is 2.68 bits per heavy atom. The van der Waals surface area contributed by atoms with Crippen LogP contribution in [-0.2, 0) is 10.0 Å². The maximum Gasteiger partial charge on any atom is 0.271 e. The van der Waals surface area contributed by atoms with Gasteiger partial charge in [0.1, 0.15) is 4.21 Å². The van der Waals surface area contributed by atoms with Crippen LogP contribution >= 0.6 is 11.3 Å². The highest BCUT2D eigenvalue weighted by molar-refractivity contribution is 7.94. The van der Waals surface area contributed by atoms with E-state index in [9.17, 15) is 8.42 Å². The zero-order valence-corrected chi connectivity index (χ0v) is 11.7. The highest BCUT2D eigenvalue weighted by Gasteiger charge is 2.17. The third-order valence-corrected chi connectivity index (χ3v) is 5.29. The molecule has 2 aromatic rings. The first kappa shape index (κ1) is 13.4. The molecule has 0 saturated carbocycles. The average Bonchev–Trinajstić information content (AvgIpc) is 2.79. The number of aryl methyl sites for hydroxylation is 1. The summed E-state index contributed by atoms with van der Waals surface area (Å²) in [6.45, 7) is 1.77. The molecule has 0 bridgehead atoms. The number of nitrogens with zero attached hydrogens (tertiary/aromatic N) is 1. The number of nitriles is 1. The molecule has 19 heavy (non-hydrogen) atoms. The van der Waals surface area contributed by atoms with Crippen LogP contribution in [0.1, 0.15) is 11.1 Å². The van der Waals surface area contributed by atoms with E-state index >= 15 is 0 Å². The Morgan fingerprint density at radius 2 is 2.11 bits per heavy atom. The molecule has 0 radical (unpaired) electrons. The van der Waals surface area contributed by atoms with Gasteiger partial charge in [0.15, 0.2) is 0 Å². The van der Waals surface area contributed by atoms with Crippen LogP contribution < -0.4 is 10.5 Å². The lowest BCUT2D eigenvalue weighted by molar-refractivity contribution is 0.603. The van der Waals surface area contributed by atoms with Gasteiger partial charge in [-0.15, -0.1) is 11.3 Å². The maximum absolute atomic E-state index is 12.1. The number of sulfonamides is 1. The Morgan fingerprint density at radius 1 is 1.37 bits per heavy atom. The van der Waals surface area contributed by atoms with Crippen LogP contribution in [0.5, 0.6) is 0 Å². The van der Waals surface area contributed by atoms with Gasteiger partial charge in [0.25, 0.3) is 10.0 Å². The fourth-order valence-corrected chi connectivity index (χ4v) is 3.67. The minimum absolute atomic E-state index is 0.145. The molecule has 0 aliphatic carbocycles. The molecule has 0 aliphatic heterocycles. The largest absolute Gasteiger partial charge is 0.398 e. The predicted molar refractivity (Wildman–Crippen MR) is 75.4 cm³/mol. The molecule has 0 saturated heterocycles. The van der Waals surface area contributed by atoms with Crippen molar-refractivity contribution < 1.29 is 8.42 Å². The molecule has 0 unspecified atom stereocenters. The number of thiophene rings is 1. The van der Waals surface area contributed by atoms with Gasteiger partial charge in [-0.3, -0.25) is 4.72 Å². The van der Waals surface area contributed by atoms with E-state index in [1.165, 1.54) is 12.1 Å². The maximum atomic E-state index is 12.1. The third-order valence-electron chi connectivity index (χ3n) is 2.47. The van der Waals surface area contributed by atoms with Crippen molar-refractivity contribution in [3.8, 4) is 6.07 Å². The van der Waals surface area contributed by atoms with Crippen molar-refractivity contribution >= 4 is 32.7 Å². The normalized spacial score (nSPS) is 10.9. The molecule has 3 N–H and O–H groups in total. The molecule has 0 fully saturated rings. The molecule has 1 aromatic carbocycles. The van der Waals surface area contributed by atoms with Crippen LogP contribution in [0, 0.1) is 18.3 Å². The molecule has 0 spiro atoms. The summed E-state index contributed by atoms with van der Waals surface area (Å²) >= 11 is 1.05. The van der Waals surface area contributed by atoms with E-state index in [2.05, 4.69) is 4.72 Å². The summed E-state index contributed by atoms with van der Waals surface area (Å²) in [5, 5.41) is 10.4. The zero-order chi connectivity index (χ0) is 14.0. The summed E-state index contributed by atoms with van der Waals surface area (Å²) in [5.74, 6) is 0. The van der Waals surface area contributed by atoms with Crippen molar-refractivity contribution in [1.29, 1.82) is 5.26 Å². The average molecular weight is 293 g/mol. The van der Waals surface area contributed by atoms with Gasteiger partial charge >= 0.3 is 0 Å². The SMILES string of the molecule is Cc1ccc(C#N)cc1NS(=O)(=O)c1cc(N)cs1. The first-order chi connectivity index (χ1) is 8.92. The summed E-state index contributed by atoms with van der Waals surface area (Å²) < 4.78 is 26.9. The summed E-state index contributed by atoms with van der Waals surface area (Å²) in [5.41, 5.74) is 7.46. The van der Waals surface area contributed by atoms with Gasteiger partial charge in [-0.25, -0.2) is 8.42 Å². The third kappa shape index (κ3) is 2.86. The predicted octanol–water partition coefficient (Wildman–Crippen LogP) is 2.31. The molecular formula is C12H11N3O2S2. The number of nitrogen functional groups attached to an aromatic ring is 1. The molecule has 0 amide bonds. The van der Waals surface area contributed by atoms with Crippen molar-refractivity contribution in [2.45, 2.75) is 11.1 Å². The molecule has 2 rings (SSSR count). The van der Waals surface area contributed by atoms with E-state index in [1.54, 1.807) is 24.4 Å². The Labute approximate surface area is 115 Å². The lowest BCUT2D eigenvalue weighted by atomic mass is 10.1. The highest BCUT2D eigenvalue weighted by atomic mass is 32.2. The van der Waals surface area contributed by atoms with Crippen LogP contribution in [0.25, 0.3) is 0 Å². The van der Waals surface area contributed by atoms with Crippen molar-refractivity contribution in [2.75, 3.05) is 10.5 Å². The lowest BCUT2D eigenvalue weighted by Crippen LogP contribution is -2.12. The summed E-state index contributed by atoms with van der Waals surface area (Å²) in [6.07, 6.45) is 0. The molecule has 98 valence electrons. The van der Waals surface area contributed by atoms with E-state index in [0.717, 1.165) is 16.9 Å². The Bertz CT molecular complexity index is 758. The molecule has 0 atom stereocenters. The number of nitrogens with one attached hydrogen (secondary N) is 1. The van der Waals surface area contributed by atoms with Gasteiger partial charge in [-0.05, 0) is 30.7 Å². The van der Waals surface area contributed by atoms with Crippen molar-refractivity contribution in [3.05, 3.63) is 40.8 Å². The quantitative estimate of drug-likeness (QED) is 0.907. The number of hydrogen-bond donors (Lipinski definition) is 2. The first-order valence-corrected chi connectivity index (χ1v) is 7.66. The van der Waals surface area contributed by atoms with Gasteiger partial charge in [0.2, 0.25) is 0 Å². The second kappa shape index (κ2) is 4.91. The number of hydrogen-bond acceptors (Lipinski definition) is 5. The van der Waals surface area contributed by atoms with Crippen LogP contribution in [0.15, 0.2) is 33.9 Å². The Hall–Kier alpha value is -2.04.